The summed E-state index contributed by atoms with van der Waals surface area (Å²) in [6.45, 7) is 1.84. The summed E-state index contributed by atoms with van der Waals surface area (Å²) in [5.74, 6) is -0.134. The minimum Gasteiger partial charge on any atom is -0.348 e. The smallest absolute Gasteiger partial charge is 0.253 e. The van der Waals surface area contributed by atoms with Crippen LogP contribution < -0.4 is 10.6 Å². The Kier molecular flexibility index (Phi) is 4.87. The van der Waals surface area contributed by atoms with Crippen molar-refractivity contribution >= 4 is 29.1 Å². The second kappa shape index (κ2) is 6.41. The summed E-state index contributed by atoms with van der Waals surface area (Å²) in [4.78, 5) is 12.1. The fourth-order valence-electron chi connectivity index (χ4n) is 2.08. The number of amides is 1. The van der Waals surface area contributed by atoms with Crippen LogP contribution in [-0.4, -0.2) is 25.0 Å². The third-order valence-corrected chi connectivity index (χ3v) is 3.61. The predicted octanol–water partition coefficient (Wildman–Crippen LogP) is 2.87. The van der Waals surface area contributed by atoms with E-state index in [-0.39, 0.29) is 11.9 Å². The molecule has 1 fully saturated rings. The lowest BCUT2D eigenvalue weighted by Crippen LogP contribution is -2.40. The molecular weight excluding hydrogens is 271 g/mol. The van der Waals surface area contributed by atoms with E-state index in [9.17, 15) is 4.79 Å². The van der Waals surface area contributed by atoms with Crippen molar-refractivity contribution in [2.24, 2.45) is 0 Å². The van der Waals surface area contributed by atoms with Crippen LogP contribution in [0.25, 0.3) is 0 Å². The first kappa shape index (κ1) is 13.7. The Morgan fingerprint density at radius 3 is 2.94 bits per heavy atom. The minimum atomic E-state index is -0.134. The average molecular weight is 287 g/mol. The quantitative estimate of drug-likeness (QED) is 0.878. The Bertz CT molecular complexity index is 429. The van der Waals surface area contributed by atoms with Crippen LogP contribution in [0.4, 0.5) is 0 Å². The molecule has 3 nitrogen and oxygen atoms in total. The Balaban J connectivity index is 2.02. The molecule has 0 spiro atoms. The number of nitrogens with one attached hydrogen (secondary N) is 2. The summed E-state index contributed by atoms with van der Waals surface area (Å²) < 4.78 is 0. The van der Waals surface area contributed by atoms with E-state index in [1.807, 2.05) is 0 Å². The highest BCUT2D eigenvalue weighted by Crippen LogP contribution is 2.21. The molecule has 1 aromatic rings. The highest BCUT2D eigenvalue weighted by Gasteiger charge is 2.17. The largest absolute Gasteiger partial charge is 0.348 e. The van der Waals surface area contributed by atoms with Gasteiger partial charge in [-0.05, 0) is 37.6 Å². The normalized spacial score (nSPS) is 20.2. The zero-order valence-electron chi connectivity index (χ0n) is 10.0. The molecule has 5 heteroatoms. The van der Waals surface area contributed by atoms with Crippen molar-refractivity contribution in [2.75, 3.05) is 13.1 Å². The van der Waals surface area contributed by atoms with Gasteiger partial charge in [-0.25, -0.2) is 0 Å². The third kappa shape index (κ3) is 3.61. The molecule has 0 aliphatic carbocycles. The van der Waals surface area contributed by atoms with Crippen molar-refractivity contribution in [1.82, 2.24) is 10.6 Å². The van der Waals surface area contributed by atoms with E-state index in [0.717, 1.165) is 32.4 Å². The molecule has 1 amide bonds. The maximum Gasteiger partial charge on any atom is 0.253 e. The second-order valence-corrected chi connectivity index (χ2v) is 5.34. The molecule has 98 valence electrons. The summed E-state index contributed by atoms with van der Waals surface area (Å²) in [7, 11) is 0. The molecule has 0 saturated carbocycles. The summed E-state index contributed by atoms with van der Waals surface area (Å²) >= 11 is 11.8. The lowest BCUT2D eigenvalue weighted by Gasteiger charge is -2.16. The van der Waals surface area contributed by atoms with Crippen LogP contribution in [0.2, 0.25) is 10.0 Å². The van der Waals surface area contributed by atoms with Crippen molar-refractivity contribution in [1.29, 1.82) is 0 Å². The van der Waals surface area contributed by atoms with Gasteiger partial charge >= 0.3 is 0 Å². The molecule has 1 atom stereocenters. The van der Waals surface area contributed by atoms with Crippen molar-refractivity contribution in [3.8, 4) is 0 Å². The number of hydrogen-bond donors (Lipinski definition) is 2. The van der Waals surface area contributed by atoms with E-state index in [4.69, 9.17) is 23.2 Å². The first-order valence-corrected chi connectivity index (χ1v) is 6.89. The van der Waals surface area contributed by atoms with Gasteiger partial charge in [-0.3, -0.25) is 4.79 Å². The van der Waals surface area contributed by atoms with Gasteiger partial charge in [0.15, 0.2) is 0 Å². The molecule has 1 heterocycles. The summed E-state index contributed by atoms with van der Waals surface area (Å²) in [6.07, 6.45) is 3.30. The third-order valence-electron chi connectivity index (χ3n) is 3.06. The van der Waals surface area contributed by atoms with Crippen LogP contribution in [0, 0.1) is 0 Å². The van der Waals surface area contributed by atoms with Gasteiger partial charge in [0.25, 0.3) is 5.91 Å². The Hall–Kier alpha value is -0.770. The summed E-state index contributed by atoms with van der Waals surface area (Å²) in [6, 6.07) is 5.09. The number of halogens is 2. The van der Waals surface area contributed by atoms with Gasteiger partial charge in [-0.15, -0.1) is 0 Å². The van der Waals surface area contributed by atoms with Crippen LogP contribution >= 0.6 is 23.2 Å². The maximum absolute atomic E-state index is 12.1. The molecule has 0 aromatic heterocycles. The lowest BCUT2D eigenvalue weighted by atomic mass is 10.1. The van der Waals surface area contributed by atoms with E-state index in [1.165, 1.54) is 0 Å². The fraction of sp³-hybridized carbons (Fsp3) is 0.462. The number of rotatable bonds is 2. The molecule has 1 unspecified atom stereocenters. The van der Waals surface area contributed by atoms with E-state index < -0.39 is 0 Å². The Labute approximate surface area is 117 Å². The van der Waals surface area contributed by atoms with E-state index in [2.05, 4.69) is 10.6 Å². The van der Waals surface area contributed by atoms with Crippen LogP contribution in [0.3, 0.4) is 0 Å². The zero-order valence-corrected chi connectivity index (χ0v) is 11.5. The van der Waals surface area contributed by atoms with Crippen molar-refractivity contribution < 1.29 is 4.79 Å². The molecule has 1 aliphatic rings. The van der Waals surface area contributed by atoms with Crippen LogP contribution in [0.5, 0.6) is 0 Å². The van der Waals surface area contributed by atoms with Gasteiger partial charge in [0.05, 0.1) is 10.6 Å². The van der Waals surface area contributed by atoms with Crippen molar-refractivity contribution in [2.45, 2.75) is 25.3 Å². The summed E-state index contributed by atoms with van der Waals surface area (Å²) in [5.41, 5.74) is 0.477. The number of hydrogen-bond acceptors (Lipinski definition) is 2. The minimum absolute atomic E-state index is 0.134. The van der Waals surface area contributed by atoms with Gasteiger partial charge < -0.3 is 10.6 Å². The SMILES string of the molecule is O=C(NC1CCCCNC1)c1ccc(Cl)cc1Cl. The molecule has 2 N–H and O–H groups in total. The van der Waals surface area contributed by atoms with E-state index in [0.29, 0.717) is 15.6 Å². The van der Waals surface area contributed by atoms with Gasteiger partial charge in [0, 0.05) is 17.6 Å². The Morgan fingerprint density at radius 1 is 1.33 bits per heavy atom. The molecule has 2 rings (SSSR count). The Morgan fingerprint density at radius 2 is 2.17 bits per heavy atom. The van der Waals surface area contributed by atoms with Crippen molar-refractivity contribution in [3.63, 3.8) is 0 Å². The number of benzene rings is 1. The number of carbonyl (C=O) groups excluding carboxylic acids is 1. The molecular formula is C13H16Cl2N2O. The fourth-order valence-corrected chi connectivity index (χ4v) is 2.57. The first-order valence-electron chi connectivity index (χ1n) is 6.13. The molecule has 0 bridgehead atoms. The van der Waals surface area contributed by atoms with Gasteiger partial charge in [-0.1, -0.05) is 29.6 Å². The second-order valence-electron chi connectivity index (χ2n) is 4.49. The van der Waals surface area contributed by atoms with Gasteiger partial charge in [0.2, 0.25) is 0 Å². The zero-order chi connectivity index (χ0) is 13.0. The molecule has 1 aliphatic heterocycles. The van der Waals surface area contributed by atoms with Gasteiger partial charge in [0.1, 0.15) is 0 Å². The first-order chi connectivity index (χ1) is 8.66. The molecule has 1 aromatic carbocycles. The molecule has 0 radical (unpaired) electrons. The van der Waals surface area contributed by atoms with Crippen LogP contribution in [0.1, 0.15) is 29.6 Å². The van der Waals surface area contributed by atoms with Gasteiger partial charge in [-0.2, -0.15) is 0 Å². The molecule has 1 saturated heterocycles. The predicted molar refractivity (Wildman–Crippen MR) is 74.4 cm³/mol. The topological polar surface area (TPSA) is 41.1 Å². The highest BCUT2D eigenvalue weighted by atomic mass is 35.5. The number of carbonyl (C=O) groups is 1. The monoisotopic (exact) mass is 286 g/mol. The van der Waals surface area contributed by atoms with Crippen LogP contribution in [0.15, 0.2) is 18.2 Å². The van der Waals surface area contributed by atoms with Crippen LogP contribution in [-0.2, 0) is 0 Å². The highest BCUT2D eigenvalue weighted by molar-refractivity contribution is 6.36. The summed E-state index contributed by atoms with van der Waals surface area (Å²) in [5, 5.41) is 7.24. The lowest BCUT2D eigenvalue weighted by molar-refractivity contribution is 0.0935. The van der Waals surface area contributed by atoms with E-state index >= 15 is 0 Å². The maximum atomic E-state index is 12.1. The van der Waals surface area contributed by atoms with E-state index in [1.54, 1.807) is 18.2 Å². The van der Waals surface area contributed by atoms with Crippen molar-refractivity contribution in [3.05, 3.63) is 33.8 Å². The molecule has 18 heavy (non-hydrogen) atoms. The average Bonchev–Trinajstić information content (AvgIpc) is 2.57. The standard InChI is InChI=1S/C13H16Cl2N2O/c14-9-4-5-11(12(15)7-9)13(18)17-10-3-1-2-6-16-8-10/h4-5,7,10,16H,1-3,6,8H2,(H,17,18).